The third-order valence-corrected chi connectivity index (χ3v) is 4.33. The molecule has 20 heavy (non-hydrogen) atoms. The normalized spacial score (nSPS) is 21.5. The van der Waals surface area contributed by atoms with Crippen molar-refractivity contribution < 1.29 is 9.53 Å². The van der Waals surface area contributed by atoms with Gasteiger partial charge in [-0.2, -0.15) is 0 Å². The summed E-state index contributed by atoms with van der Waals surface area (Å²) in [7, 11) is 0. The van der Waals surface area contributed by atoms with Crippen molar-refractivity contribution in [2.75, 3.05) is 13.2 Å². The zero-order valence-corrected chi connectivity index (χ0v) is 12.0. The van der Waals surface area contributed by atoms with Crippen molar-refractivity contribution in [3.8, 4) is 0 Å². The van der Waals surface area contributed by atoms with Gasteiger partial charge in [0.2, 0.25) is 5.91 Å². The molecule has 1 aliphatic heterocycles. The average molecular weight is 273 g/mol. The molecule has 0 aromatic heterocycles. The van der Waals surface area contributed by atoms with Crippen LogP contribution < -0.4 is 5.32 Å². The Morgan fingerprint density at radius 1 is 1.20 bits per heavy atom. The molecule has 0 saturated carbocycles. The number of amides is 1. The summed E-state index contributed by atoms with van der Waals surface area (Å²) in [6.07, 6.45) is 7.84. The van der Waals surface area contributed by atoms with Crippen molar-refractivity contribution in [3.63, 3.8) is 0 Å². The molecule has 1 aromatic carbocycles. The van der Waals surface area contributed by atoms with Crippen molar-refractivity contribution in [2.45, 2.75) is 51.0 Å². The SMILES string of the molecule is O=C(Cc1ccc2c(c1)CCCC2)NC[C@H]1CCCO1. The van der Waals surface area contributed by atoms with E-state index in [9.17, 15) is 4.79 Å². The summed E-state index contributed by atoms with van der Waals surface area (Å²) in [4.78, 5) is 12.0. The minimum absolute atomic E-state index is 0.108. The van der Waals surface area contributed by atoms with Crippen LogP contribution in [0.25, 0.3) is 0 Å². The number of hydrogen-bond donors (Lipinski definition) is 1. The smallest absolute Gasteiger partial charge is 0.224 e. The van der Waals surface area contributed by atoms with Crippen molar-refractivity contribution in [2.24, 2.45) is 0 Å². The molecule has 1 aliphatic carbocycles. The van der Waals surface area contributed by atoms with E-state index in [1.165, 1.54) is 36.8 Å². The Bertz CT molecular complexity index is 478. The first-order valence-corrected chi connectivity index (χ1v) is 7.80. The Balaban J connectivity index is 1.52. The summed E-state index contributed by atoms with van der Waals surface area (Å²) in [5.74, 6) is 0.108. The molecule has 0 bridgehead atoms. The molecular formula is C17H23NO2. The molecule has 1 fully saturated rings. The monoisotopic (exact) mass is 273 g/mol. The number of carbonyl (C=O) groups excluding carboxylic acids is 1. The minimum Gasteiger partial charge on any atom is -0.376 e. The van der Waals surface area contributed by atoms with Gasteiger partial charge in [0.15, 0.2) is 0 Å². The largest absolute Gasteiger partial charge is 0.376 e. The number of aryl methyl sites for hydroxylation is 2. The predicted octanol–water partition coefficient (Wildman–Crippen LogP) is 2.40. The number of hydrogen-bond acceptors (Lipinski definition) is 2. The molecule has 108 valence electrons. The van der Waals surface area contributed by atoms with Crippen LogP contribution in [0.2, 0.25) is 0 Å². The lowest BCUT2D eigenvalue weighted by Crippen LogP contribution is -2.32. The van der Waals surface area contributed by atoms with E-state index in [0.29, 0.717) is 13.0 Å². The second-order valence-electron chi connectivity index (χ2n) is 5.93. The van der Waals surface area contributed by atoms with Crippen molar-refractivity contribution >= 4 is 5.91 Å². The van der Waals surface area contributed by atoms with Crippen LogP contribution in [0.1, 0.15) is 42.4 Å². The van der Waals surface area contributed by atoms with E-state index in [4.69, 9.17) is 4.74 Å². The lowest BCUT2D eigenvalue weighted by Gasteiger charge is -2.16. The van der Waals surface area contributed by atoms with Crippen LogP contribution in [0.5, 0.6) is 0 Å². The van der Waals surface area contributed by atoms with Crippen LogP contribution in [0, 0.1) is 0 Å². The van der Waals surface area contributed by atoms with Gasteiger partial charge in [-0.05, 0) is 55.2 Å². The Labute approximate surface area is 120 Å². The van der Waals surface area contributed by atoms with Gasteiger partial charge < -0.3 is 10.1 Å². The van der Waals surface area contributed by atoms with Gasteiger partial charge >= 0.3 is 0 Å². The van der Waals surface area contributed by atoms with Gasteiger partial charge in [-0.25, -0.2) is 0 Å². The fourth-order valence-electron chi connectivity index (χ4n) is 3.18. The quantitative estimate of drug-likeness (QED) is 0.915. The van der Waals surface area contributed by atoms with Gasteiger partial charge in [-0.15, -0.1) is 0 Å². The first-order chi connectivity index (χ1) is 9.81. The summed E-state index contributed by atoms with van der Waals surface area (Å²) in [5, 5.41) is 2.99. The van der Waals surface area contributed by atoms with Crippen LogP contribution in [0.3, 0.4) is 0 Å². The van der Waals surface area contributed by atoms with E-state index in [-0.39, 0.29) is 12.0 Å². The van der Waals surface area contributed by atoms with Gasteiger partial charge in [0.1, 0.15) is 0 Å². The highest BCUT2D eigenvalue weighted by Crippen LogP contribution is 2.22. The average Bonchev–Trinajstić information content (AvgIpc) is 2.98. The van der Waals surface area contributed by atoms with E-state index in [2.05, 4.69) is 23.5 Å². The number of nitrogens with one attached hydrogen (secondary N) is 1. The molecule has 3 rings (SSSR count). The number of carbonyl (C=O) groups is 1. The molecular weight excluding hydrogens is 250 g/mol. The van der Waals surface area contributed by atoms with Crippen LogP contribution in [-0.2, 0) is 28.8 Å². The van der Waals surface area contributed by atoms with Crippen molar-refractivity contribution in [1.82, 2.24) is 5.32 Å². The summed E-state index contributed by atoms with van der Waals surface area (Å²) in [6.45, 7) is 1.50. The fourth-order valence-corrected chi connectivity index (χ4v) is 3.18. The number of ether oxygens (including phenoxy) is 1. The lowest BCUT2D eigenvalue weighted by atomic mass is 9.90. The van der Waals surface area contributed by atoms with Gasteiger partial charge in [0.05, 0.1) is 12.5 Å². The second-order valence-corrected chi connectivity index (χ2v) is 5.93. The number of rotatable bonds is 4. The zero-order chi connectivity index (χ0) is 13.8. The molecule has 1 amide bonds. The maximum atomic E-state index is 12.0. The summed E-state index contributed by atoms with van der Waals surface area (Å²) < 4.78 is 5.51. The number of fused-ring (bicyclic) bond motifs is 1. The molecule has 1 N–H and O–H groups in total. The standard InChI is InChI=1S/C17H23NO2/c19-17(18-12-16-6-3-9-20-16)11-13-7-8-14-4-1-2-5-15(14)10-13/h7-8,10,16H,1-6,9,11-12H2,(H,18,19)/t16-/m1/s1. The molecule has 0 unspecified atom stereocenters. The Kier molecular flexibility index (Phi) is 4.36. The van der Waals surface area contributed by atoms with Crippen molar-refractivity contribution in [3.05, 3.63) is 34.9 Å². The predicted molar refractivity (Wildman–Crippen MR) is 78.8 cm³/mol. The minimum atomic E-state index is 0.108. The topological polar surface area (TPSA) is 38.3 Å². The summed E-state index contributed by atoms with van der Waals surface area (Å²) in [5.41, 5.74) is 4.05. The van der Waals surface area contributed by atoms with E-state index >= 15 is 0 Å². The third kappa shape index (κ3) is 3.40. The molecule has 1 saturated heterocycles. The maximum Gasteiger partial charge on any atom is 0.224 e. The van der Waals surface area contributed by atoms with E-state index in [1.54, 1.807) is 0 Å². The summed E-state index contributed by atoms with van der Waals surface area (Å²) >= 11 is 0. The Hall–Kier alpha value is -1.35. The molecule has 3 heteroatoms. The molecule has 1 heterocycles. The third-order valence-electron chi connectivity index (χ3n) is 4.33. The van der Waals surface area contributed by atoms with Crippen molar-refractivity contribution in [1.29, 1.82) is 0 Å². The number of benzene rings is 1. The summed E-state index contributed by atoms with van der Waals surface area (Å²) in [6, 6.07) is 6.53. The maximum absolute atomic E-state index is 12.0. The van der Waals surface area contributed by atoms with Crippen LogP contribution >= 0.6 is 0 Å². The van der Waals surface area contributed by atoms with Crippen LogP contribution in [0.15, 0.2) is 18.2 Å². The van der Waals surface area contributed by atoms with E-state index < -0.39 is 0 Å². The molecule has 1 atom stereocenters. The molecule has 3 nitrogen and oxygen atoms in total. The second kappa shape index (κ2) is 6.40. The molecule has 0 radical (unpaired) electrons. The highest BCUT2D eigenvalue weighted by atomic mass is 16.5. The molecule has 2 aliphatic rings. The highest BCUT2D eigenvalue weighted by molar-refractivity contribution is 5.78. The highest BCUT2D eigenvalue weighted by Gasteiger charge is 2.16. The first-order valence-electron chi connectivity index (χ1n) is 7.80. The Morgan fingerprint density at radius 2 is 2.05 bits per heavy atom. The molecule has 0 spiro atoms. The van der Waals surface area contributed by atoms with E-state index in [1.807, 2.05) is 0 Å². The van der Waals surface area contributed by atoms with Gasteiger partial charge in [-0.1, -0.05) is 18.2 Å². The lowest BCUT2D eigenvalue weighted by molar-refractivity contribution is -0.120. The van der Waals surface area contributed by atoms with Gasteiger partial charge in [-0.3, -0.25) is 4.79 Å². The van der Waals surface area contributed by atoms with Crippen LogP contribution in [0.4, 0.5) is 0 Å². The Morgan fingerprint density at radius 3 is 2.85 bits per heavy atom. The van der Waals surface area contributed by atoms with Gasteiger partial charge in [0.25, 0.3) is 0 Å². The fraction of sp³-hybridized carbons (Fsp3) is 0.588. The van der Waals surface area contributed by atoms with E-state index in [0.717, 1.165) is 25.0 Å². The van der Waals surface area contributed by atoms with Gasteiger partial charge in [0, 0.05) is 13.2 Å². The molecule has 1 aromatic rings. The van der Waals surface area contributed by atoms with Crippen LogP contribution in [-0.4, -0.2) is 25.2 Å². The zero-order valence-electron chi connectivity index (χ0n) is 12.0. The first kappa shape index (κ1) is 13.6.